The summed E-state index contributed by atoms with van der Waals surface area (Å²) in [5.41, 5.74) is 2.01. The van der Waals surface area contributed by atoms with Gasteiger partial charge >= 0.3 is 0 Å². The van der Waals surface area contributed by atoms with Crippen molar-refractivity contribution in [1.29, 1.82) is 10.5 Å². The van der Waals surface area contributed by atoms with Crippen LogP contribution in [0.1, 0.15) is 34.4 Å². The molecule has 4 nitrogen and oxygen atoms in total. The molecular weight excluding hydrogens is 464 g/mol. The van der Waals surface area contributed by atoms with Crippen LogP contribution in [0.3, 0.4) is 0 Å². The number of thiocarbonyl (C=S) groups is 1. The Balaban J connectivity index is 1.99. The van der Waals surface area contributed by atoms with Crippen LogP contribution in [0.5, 0.6) is 0 Å². The Morgan fingerprint density at radius 2 is 1.32 bits per heavy atom. The van der Waals surface area contributed by atoms with E-state index in [1.54, 1.807) is 24.3 Å². The van der Waals surface area contributed by atoms with Crippen LogP contribution >= 0.6 is 23.8 Å². The predicted octanol–water partition coefficient (Wildman–Crippen LogP) is 6.42. The van der Waals surface area contributed by atoms with E-state index in [1.807, 2.05) is 72.8 Å². The van der Waals surface area contributed by atoms with Gasteiger partial charge in [-0.3, -0.25) is 4.79 Å². The van der Waals surface area contributed by atoms with Crippen molar-refractivity contribution in [1.82, 2.24) is 0 Å². The van der Waals surface area contributed by atoms with Gasteiger partial charge in [-0.05, 0) is 28.8 Å². The van der Waals surface area contributed by atoms with Crippen molar-refractivity contribution in [2.24, 2.45) is 5.92 Å². The minimum atomic E-state index is -1.21. The highest BCUT2D eigenvalue weighted by atomic mass is 35.5. The standard InChI is InChI=1S/C28H19ClN2O2S/c29-21-13-11-19(12-14-21)22(20(15-30)16-31)25-26(32)23(17-7-3-1-4-8-17)28(34)24(27(25)33)18-9-5-2-6-10-18/h1-14,20,22-24,32H/t22-,23-,24-/m1/s1. The molecule has 3 aromatic rings. The van der Waals surface area contributed by atoms with Crippen molar-refractivity contribution in [3.63, 3.8) is 0 Å². The van der Waals surface area contributed by atoms with Gasteiger partial charge in [-0.15, -0.1) is 0 Å². The third-order valence-corrected chi connectivity index (χ3v) is 6.79. The van der Waals surface area contributed by atoms with Crippen molar-refractivity contribution < 1.29 is 9.90 Å². The van der Waals surface area contributed by atoms with Gasteiger partial charge in [-0.25, -0.2) is 0 Å². The lowest BCUT2D eigenvalue weighted by molar-refractivity contribution is -0.116. The normalized spacial score (nSPS) is 18.9. The van der Waals surface area contributed by atoms with Gasteiger partial charge in [-0.2, -0.15) is 10.5 Å². The molecule has 34 heavy (non-hydrogen) atoms. The Morgan fingerprint density at radius 3 is 1.82 bits per heavy atom. The van der Waals surface area contributed by atoms with Crippen molar-refractivity contribution >= 4 is 34.5 Å². The minimum absolute atomic E-state index is 0.0340. The van der Waals surface area contributed by atoms with Crippen LogP contribution < -0.4 is 0 Å². The fourth-order valence-corrected chi connectivity index (χ4v) is 5.10. The Morgan fingerprint density at radius 1 is 0.824 bits per heavy atom. The molecule has 0 saturated heterocycles. The summed E-state index contributed by atoms with van der Waals surface area (Å²) in [7, 11) is 0. The van der Waals surface area contributed by atoms with E-state index in [-0.39, 0.29) is 11.3 Å². The number of ketones is 1. The molecule has 0 aliphatic heterocycles. The predicted molar refractivity (Wildman–Crippen MR) is 135 cm³/mol. The maximum atomic E-state index is 14.0. The first kappa shape index (κ1) is 23.4. The van der Waals surface area contributed by atoms with E-state index < -0.39 is 29.5 Å². The molecule has 0 radical (unpaired) electrons. The number of allylic oxidation sites excluding steroid dienone is 2. The molecule has 0 fully saturated rings. The average molecular weight is 483 g/mol. The number of aliphatic hydroxyl groups excluding tert-OH is 1. The number of hydrogen-bond acceptors (Lipinski definition) is 5. The second-order valence-electron chi connectivity index (χ2n) is 8.02. The first-order chi connectivity index (χ1) is 16.5. The van der Waals surface area contributed by atoms with Gasteiger partial charge in [0, 0.05) is 21.4 Å². The van der Waals surface area contributed by atoms with Crippen LogP contribution in [0.15, 0.2) is 96.3 Å². The SMILES string of the molecule is N#CC(C#N)[C@H](C1=C(O)[C@@H](c2ccccc2)C(=S)[C@H](c2ccccc2)C1=O)c1ccc(Cl)cc1. The minimum Gasteiger partial charge on any atom is -0.511 e. The van der Waals surface area contributed by atoms with Gasteiger partial charge < -0.3 is 5.11 Å². The molecule has 4 rings (SSSR count). The first-order valence-corrected chi connectivity index (χ1v) is 11.4. The Labute approximate surface area is 208 Å². The van der Waals surface area contributed by atoms with Gasteiger partial charge in [0.05, 0.1) is 24.0 Å². The lowest BCUT2D eigenvalue weighted by atomic mass is 9.68. The molecule has 0 unspecified atom stereocenters. The van der Waals surface area contributed by atoms with Gasteiger partial charge in [-0.1, -0.05) is 96.6 Å². The first-order valence-electron chi connectivity index (χ1n) is 10.6. The lowest BCUT2D eigenvalue weighted by Gasteiger charge is -2.35. The zero-order valence-electron chi connectivity index (χ0n) is 17.9. The molecule has 0 heterocycles. The quantitative estimate of drug-likeness (QED) is 0.424. The molecule has 0 saturated carbocycles. The van der Waals surface area contributed by atoms with Crippen LogP contribution in [0.2, 0.25) is 5.02 Å². The largest absolute Gasteiger partial charge is 0.511 e. The number of carbonyl (C=O) groups excluding carboxylic acids is 1. The van der Waals surface area contributed by atoms with Crippen LogP contribution in [0.4, 0.5) is 0 Å². The summed E-state index contributed by atoms with van der Waals surface area (Å²) >= 11 is 11.9. The number of nitriles is 2. The Bertz CT molecular complexity index is 1330. The molecule has 0 aromatic heterocycles. The number of carbonyl (C=O) groups is 1. The maximum Gasteiger partial charge on any atom is 0.175 e. The molecule has 166 valence electrons. The van der Waals surface area contributed by atoms with Crippen molar-refractivity contribution in [3.05, 3.63) is 118 Å². The summed E-state index contributed by atoms with van der Waals surface area (Å²) in [5.74, 6) is -4.34. The van der Waals surface area contributed by atoms with Gasteiger partial charge in [0.15, 0.2) is 5.78 Å². The molecule has 1 N–H and O–H groups in total. The van der Waals surface area contributed by atoms with Gasteiger partial charge in [0.2, 0.25) is 0 Å². The summed E-state index contributed by atoms with van der Waals surface area (Å²) in [5, 5.41) is 31.6. The smallest absolute Gasteiger partial charge is 0.175 e. The Kier molecular flexibility index (Phi) is 6.89. The molecule has 3 aromatic carbocycles. The molecule has 1 aliphatic rings. The number of rotatable bonds is 5. The highest BCUT2D eigenvalue weighted by Crippen LogP contribution is 2.46. The topological polar surface area (TPSA) is 84.9 Å². The zero-order valence-corrected chi connectivity index (χ0v) is 19.5. The van der Waals surface area contributed by atoms with Crippen molar-refractivity contribution in [2.45, 2.75) is 17.8 Å². The molecule has 6 heteroatoms. The van der Waals surface area contributed by atoms with Crippen LogP contribution in [0, 0.1) is 28.6 Å². The van der Waals surface area contributed by atoms with E-state index in [0.29, 0.717) is 21.0 Å². The molecular formula is C28H19ClN2O2S. The van der Waals surface area contributed by atoms with E-state index >= 15 is 0 Å². The third kappa shape index (κ3) is 4.24. The van der Waals surface area contributed by atoms with Gasteiger partial charge in [0.25, 0.3) is 0 Å². The highest BCUT2D eigenvalue weighted by Gasteiger charge is 2.46. The number of benzene rings is 3. The summed E-state index contributed by atoms with van der Waals surface area (Å²) in [6, 6.07) is 28.9. The van der Waals surface area contributed by atoms with Gasteiger partial charge in [0.1, 0.15) is 11.7 Å². The summed E-state index contributed by atoms with van der Waals surface area (Å²) in [6.07, 6.45) is 0. The summed E-state index contributed by atoms with van der Waals surface area (Å²) in [4.78, 5) is 14.4. The average Bonchev–Trinajstić information content (AvgIpc) is 2.86. The van der Waals surface area contributed by atoms with Crippen LogP contribution in [0.25, 0.3) is 0 Å². The summed E-state index contributed by atoms with van der Waals surface area (Å²) in [6.45, 7) is 0. The Hall–Kier alpha value is -3.77. The van der Waals surface area contributed by atoms with E-state index in [1.165, 1.54) is 0 Å². The second kappa shape index (κ2) is 10.0. The maximum absolute atomic E-state index is 14.0. The number of halogens is 1. The summed E-state index contributed by atoms with van der Waals surface area (Å²) < 4.78 is 0. The van der Waals surface area contributed by atoms with E-state index in [0.717, 1.165) is 5.56 Å². The van der Waals surface area contributed by atoms with Crippen molar-refractivity contribution in [3.8, 4) is 12.1 Å². The monoisotopic (exact) mass is 482 g/mol. The van der Waals surface area contributed by atoms with Crippen molar-refractivity contribution in [2.75, 3.05) is 0 Å². The highest BCUT2D eigenvalue weighted by molar-refractivity contribution is 7.80. The number of aliphatic hydroxyl groups is 1. The third-order valence-electron chi connectivity index (χ3n) is 6.06. The number of Topliss-reactive ketones (excluding diaryl/α,β-unsaturated/α-hetero) is 1. The van der Waals surface area contributed by atoms with E-state index in [2.05, 4.69) is 0 Å². The number of nitrogens with zero attached hydrogens (tertiary/aromatic N) is 2. The zero-order chi connectivity index (χ0) is 24.2. The fraction of sp³-hybridized carbons (Fsp3) is 0.143. The molecule has 0 bridgehead atoms. The molecule has 0 amide bonds. The second-order valence-corrected chi connectivity index (χ2v) is 8.93. The number of hydrogen-bond donors (Lipinski definition) is 1. The van der Waals surface area contributed by atoms with E-state index in [4.69, 9.17) is 23.8 Å². The van der Waals surface area contributed by atoms with Crippen LogP contribution in [-0.4, -0.2) is 15.8 Å². The lowest BCUT2D eigenvalue weighted by Crippen LogP contribution is -2.37. The van der Waals surface area contributed by atoms with Crippen LogP contribution in [-0.2, 0) is 4.79 Å². The molecule has 1 aliphatic carbocycles. The fourth-order valence-electron chi connectivity index (χ4n) is 4.48. The van der Waals surface area contributed by atoms with E-state index in [9.17, 15) is 20.4 Å². The molecule has 0 spiro atoms. The molecule has 3 atom stereocenters.